The normalized spacial score (nSPS) is 19.1. The van der Waals surface area contributed by atoms with Crippen LogP contribution in [0.25, 0.3) is 0 Å². The Kier molecular flexibility index (Phi) is 4.25. The Balaban J connectivity index is 1.88. The molecule has 0 amide bonds. The Labute approximate surface area is 109 Å². The van der Waals surface area contributed by atoms with Gasteiger partial charge in [0, 0.05) is 19.7 Å². The number of rotatable bonds is 6. The van der Waals surface area contributed by atoms with E-state index in [1.54, 1.807) is 7.11 Å². The van der Waals surface area contributed by atoms with Gasteiger partial charge in [0.15, 0.2) is 0 Å². The maximum Gasteiger partial charge on any atom is 0.118 e. The summed E-state index contributed by atoms with van der Waals surface area (Å²) in [6.45, 7) is 3.11. The summed E-state index contributed by atoms with van der Waals surface area (Å²) in [5.41, 5.74) is 1.36. The minimum atomic E-state index is 0.0841. The second kappa shape index (κ2) is 5.72. The van der Waals surface area contributed by atoms with E-state index in [4.69, 9.17) is 9.47 Å². The largest absolute Gasteiger partial charge is 0.497 e. The van der Waals surface area contributed by atoms with E-state index in [-0.39, 0.29) is 5.60 Å². The Morgan fingerprint density at radius 3 is 2.33 bits per heavy atom. The predicted molar refractivity (Wildman–Crippen MR) is 73.0 cm³/mol. The van der Waals surface area contributed by atoms with Crippen molar-refractivity contribution >= 4 is 0 Å². The molecule has 3 nitrogen and oxygen atoms in total. The van der Waals surface area contributed by atoms with Crippen LogP contribution in [-0.4, -0.2) is 26.4 Å². The lowest BCUT2D eigenvalue weighted by molar-refractivity contribution is -0.0706. The van der Waals surface area contributed by atoms with Crippen LogP contribution in [0, 0.1) is 0 Å². The zero-order chi connectivity index (χ0) is 13.0. The van der Waals surface area contributed by atoms with Crippen molar-refractivity contribution in [3.63, 3.8) is 0 Å². The van der Waals surface area contributed by atoms with Gasteiger partial charge in [-0.2, -0.15) is 0 Å². The first kappa shape index (κ1) is 13.4. The molecule has 3 heteroatoms. The summed E-state index contributed by atoms with van der Waals surface area (Å²) < 4.78 is 10.8. The Morgan fingerprint density at radius 2 is 1.89 bits per heavy atom. The molecule has 1 saturated carbocycles. The highest BCUT2D eigenvalue weighted by Crippen LogP contribution is 2.34. The van der Waals surface area contributed by atoms with Gasteiger partial charge < -0.3 is 14.8 Å². The number of hydrogen-bond acceptors (Lipinski definition) is 3. The Bertz CT molecular complexity index is 365. The van der Waals surface area contributed by atoms with Crippen LogP contribution < -0.4 is 10.1 Å². The predicted octanol–water partition coefficient (Wildman–Crippen LogP) is 2.91. The van der Waals surface area contributed by atoms with Gasteiger partial charge in [0.25, 0.3) is 0 Å². The SMILES string of the molecule is COc1ccc(C(C)NCC2(OC)CCC2)cc1. The highest BCUT2D eigenvalue weighted by atomic mass is 16.5. The summed E-state index contributed by atoms with van der Waals surface area (Å²) in [5, 5.41) is 3.56. The molecule has 0 aromatic heterocycles. The molecule has 1 aliphatic rings. The van der Waals surface area contributed by atoms with Crippen LogP contribution >= 0.6 is 0 Å². The smallest absolute Gasteiger partial charge is 0.118 e. The number of benzene rings is 1. The highest BCUT2D eigenvalue weighted by molar-refractivity contribution is 5.28. The fourth-order valence-corrected chi connectivity index (χ4v) is 2.37. The summed E-state index contributed by atoms with van der Waals surface area (Å²) in [6, 6.07) is 8.56. The van der Waals surface area contributed by atoms with Crippen LogP contribution in [0.1, 0.15) is 37.8 Å². The molecule has 1 aliphatic carbocycles. The van der Waals surface area contributed by atoms with E-state index in [9.17, 15) is 0 Å². The summed E-state index contributed by atoms with van der Waals surface area (Å²) in [7, 11) is 3.51. The monoisotopic (exact) mass is 249 g/mol. The highest BCUT2D eigenvalue weighted by Gasteiger charge is 2.36. The molecule has 18 heavy (non-hydrogen) atoms. The average Bonchev–Trinajstić information content (AvgIpc) is 2.38. The fourth-order valence-electron chi connectivity index (χ4n) is 2.37. The molecule has 1 aromatic rings. The van der Waals surface area contributed by atoms with Crippen LogP contribution in [0.3, 0.4) is 0 Å². The molecule has 0 saturated heterocycles. The molecule has 0 heterocycles. The molecular formula is C15H23NO2. The molecular weight excluding hydrogens is 226 g/mol. The van der Waals surface area contributed by atoms with Gasteiger partial charge in [0.2, 0.25) is 0 Å². The van der Waals surface area contributed by atoms with Crippen LogP contribution in [0.15, 0.2) is 24.3 Å². The van der Waals surface area contributed by atoms with Crippen molar-refractivity contribution in [3.05, 3.63) is 29.8 Å². The number of methoxy groups -OCH3 is 2. The quantitative estimate of drug-likeness (QED) is 0.841. The molecule has 0 bridgehead atoms. The van der Waals surface area contributed by atoms with E-state index in [0.29, 0.717) is 6.04 Å². The lowest BCUT2D eigenvalue weighted by Gasteiger charge is -2.41. The van der Waals surface area contributed by atoms with Gasteiger partial charge >= 0.3 is 0 Å². The molecule has 1 atom stereocenters. The van der Waals surface area contributed by atoms with Crippen molar-refractivity contribution in [3.8, 4) is 5.75 Å². The van der Waals surface area contributed by atoms with Gasteiger partial charge in [-0.3, -0.25) is 0 Å². The minimum absolute atomic E-state index is 0.0841. The summed E-state index contributed by atoms with van der Waals surface area (Å²) in [6.07, 6.45) is 3.63. The van der Waals surface area contributed by atoms with Gasteiger partial charge in [-0.25, -0.2) is 0 Å². The first-order chi connectivity index (χ1) is 8.69. The Hall–Kier alpha value is -1.06. The van der Waals surface area contributed by atoms with Crippen molar-refractivity contribution in [2.45, 2.75) is 37.8 Å². The van der Waals surface area contributed by atoms with Crippen LogP contribution in [0.2, 0.25) is 0 Å². The van der Waals surface area contributed by atoms with Crippen molar-refractivity contribution < 1.29 is 9.47 Å². The topological polar surface area (TPSA) is 30.5 Å². The van der Waals surface area contributed by atoms with E-state index < -0.39 is 0 Å². The maximum atomic E-state index is 5.61. The van der Waals surface area contributed by atoms with Crippen molar-refractivity contribution in [1.82, 2.24) is 5.32 Å². The number of nitrogens with one attached hydrogen (secondary N) is 1. The summed E-state index contributed by atoms with van der Waals surface area (Å²) in [4.78, 5) is 0. The zero-order valence-electron chi connectivity index (χ0n) is 11.5. The molecule has 0 aliphatic heterocycles. The van der Waals surface area contributed by atoms with Crippen molar-refractivity contribution in [2.75, 3.05) is 20.8 Å². The Morgan fingerprint density at radius 1 is 1.22 bits per heavy atom. The van der Waals surface area contributed by atoms with E-state index in [1.165, 1.54) is 24.8 Å². The zero-order valence-corrected chi connectivity index (χ0v) is 11.5. The van der Waals surface area contributed by atoms with Gasteiger partial charge in [0.1, 0.15) is 5.75 Å². The second-order valence-corrected chi connectivity index (χ2v) is 5.12. The van der Waals surface area contributed by atoms with Crippen LogP contribution in [-0.2, 0) is 4.74 Å². The third-order valence-corrected chi connectivity index (χ3v) is 4.04. The third-order valence-electron chi connectivity index (χ3n) is 4.04. The maximum absolute atomic E-state index is 5.61. The van der Waals surface area contributed by atoms with Crippen LogP contribution in [0.5, 0.6) is 5.75 Å². The van der Waals surface area contributed by atoms with E-state index in [2.05, 4.69) is 24.4 Å². The molecule has 1 fully saturated rings. The van der Waals surface area contributed by atoms with Crippen molar-refractivity contribution in [1.29, 1.82) is 0 Å². The van der Waals surface area contributed by atoms with Gasteiger partial charge in [0.05, 0.1) is 12.7 Å². The standard InChI is InChI=1S/C15H23NO2/c1-12(13-5-7-14(17-2)8-6-13)16-11-15(18-3)9-4-10-15/h5-8,12,16H,4,9-11H2,1-3H3. The average molecular weight is 249 g/mol. The van der Waals surface area contributed by atoms with Gasteiger partial charge in [-0.1, -0.05) is 12.1 Å². The van der Waals surface area contributed by atoms with Gasteiger partial charge in [-0.15, -0.1) is 0 Å². The number of hydrogen-bond donors (Lipinski definition) is 1. The van der Waals surface area contributed by atoms with Crippen molar-refractivity contribution in [2.24, 2.45) is 0 Å². The third kappa shape index (κ3) is 2.85. The van der Waals surface area contributed by atoms with Crippen LogP contribution in [0.4, 0.5) is 0 Å². The molecule has 1 N–H and O–H groups in total. The first-order valence-electron chi connectivity index (χ1n) is 6.62. The lowest BCUT2D eigenvalue weighted by atomic mass is 9.80. The second-order valence-electron chi connectivity index (χ2n) is 5.12. The van der Waals surface area contributed by atoms with E-state index >= 15 is 0 Å². The molecule has 2 rings (SSSR count). The summed E-state index contributed by atoms with van der Waals surface area (Å²) in [5.74, 6) is 0.901. The fraction of sp³-hybridized carbons (Fsp3) is 0.600. The molecule has 100 valence electrons. The minimum Gasteiger partial charge on any atom is -0.497 e. The number of ether oxygens (including phenoxy) is 2. The first-order valence-corrected chi connectivity index (χ1v) is 6.62. The summed E-state index contributed by atoms with van der Waals surface area (Å²) >= 11 is 0. The van der Waals surface area contributed by atoms with E-state index in [1.807, 2.05) is 19.2 Å². The van der Waals surface area contributed by atoms with E-state index in [0.717, 1.165) is 12.3 Å². The molecule has 1 unspecified atom stereocenters. The lowest BCUT2D eigenvalue weighted by Crippen LogP contribution is -2.48. The molecule has 1 aromatic carbocycles. The van der Waals surface area contributed by atoms with Gasteiger partial charge in [-0.05, 0) is 43.9 Å². The molecule has 0 radical (unpaired) electrons. The molecule has 0 spiro atoms.